The van der Waals surface area contributed by atoms with Gasteiger partial charge in [0.25, 0.3) is 0 Å². The van der Waals surface area contributed by atoms with E-state index in [1.807, 2.05) is 12.1 Å². The summed E-state index contributed by atoms with van der Waals surface area (Å²) in [7, 11) is 0. The number of anilines is 1. The van der Waals surface area contributed by atoms with Crippen molar-refractivity contribution in [3.8, 4) is 0 Å². The molecule has 0 bridgehead atoms. The molecule has 1 aromatic rings. The van der Waals surface area contributed by atoms with Crippen molar-refractivity contribution in [3.63, 3.8) is 0 Å². The Kier molecular flexibility index (Phi) is 4.93. The summed E-state index contributed by atoms with van der Waals surface area (Å²) < 4.78 is 1.65. The molecule has 5 nitrogen and oxygen atoms in total. The number of carboxylic acid groups (broad SMARTS) is 1. The molecule has 1 aliphatic rings. The van der Waals surface area contributed by atoms with Crippen LogP contribution in [0.1, 0.15) is 26.2 Å². The van der Waals surface area contributed by atoms with Crippen LogP contribution in [-0.4, -0.2) is 23.1 Å². The van der Waals surface area contributed by atoms with Gasteiger partial charge in [-0.1, -0.05) is 22.4 Å². The van der Waals surface area contributed by atoms with Crippen LogP contribution in [0.3, 0.4) is 0 Å². The Morgan fingerprint density at radius 2 is 2.10 bits per heavy atom. The number of hydrogen-bond acceptors (Lipinski definition) is 2. The zero-order valence-electron chi connectivity index (χ0n) is 11.5. The minimum Gasteiger partial charge on any atom is -0.481 e. The van der Waals surface area contributed by atoms with E-state index in [1.54, 1.807) is 13.0 Å². The van der Waals surface area contributed by atoms with Crippen LogP contribution >= 0.6 is 31.9 Å². The number of aliphatic carboxylic acids is 1. The normalized spacial score (nSPS) is 24.6. The van der Waals surface area contributed by atoms with E-state index < -0.39 is 17.4 Å². The second-order valence-electron chi connectivity index (χ2n) is 5.39. The molecule has 1 saturated carbocycles. The number of amides is 2. The second-order valence-corrected chi connectivity index (χ2v) is 7.16. The number of nitrogens with one attached hydrogen (secondary N) is 2. The monoisotopic (exact) mass is 418 g/mol. The highest BCUT2D eigenvalue weighted by Crippen LogP contribution is 2.38. The molecule has 2 atom stereocenters. The quantitative estimate of drug-likeness (QED) is 0.693. The van der Waals surface area contributed by atoms with Gasteiger partial charge in [-0.2, -0.15) is 0 Å². The minimum absolute atomic E-state index is 0.357. The molecule has 0 aromatic heterocycles. The first-order chi connectivity index (χ1) is 9.83. The van der Waals surface area contributed by atoms with Crippen LogP contribution in [-0.2, 0) is 4.79 Å². The van der Waals surface area contributed by atoms with Crippen molar-refractivity contribution in [2.24, 2.45) is 5.41 Å². The smallest absolute Gasteiger partial charge is 0.319 e. The minimum atomic E-state index is -0.895. The van der Waals surface area contributed by atoms with Gasteiger partial charge in [-0.3, -0.25) is 4.79 Å². The van der Waals surface area contributed by atoms with Crippen molar-refractivity contribution < 1.29 is 14.7 Å². The van der Waals surface area contributed by atoms with E-state index in [0.29, 0.717) is 18.5 Å². The number of benzene rings is 1. The average Bonchev–Trinajstić information content (AvgIpc) is 2.76. The number of carbonyl (C=O) groups is 2. The molecule has 0 radical (unpaired) electrons. The molecule has 0 saturated heterocycles. The third-order valence-corrected chi connectivity index (χ3v) is 5.08. The predicted octanol–water partition coefficient (Wildman–Crippen LogP) is 3.98. The molecular formula is C14H16Br2N2O3. The summed E-state index contributed by atoms with van der Waals surface area (Å²) in [5, 5.41) is 14.8. The number of carboxylic acids is 1. The topological polar surface area (TPSA) is 78.4 Å². The molecular weight excluding hydrogens is 404 g/mol. The van der Waals surface area contributed by atoms with E-state index in [0.717, 1.165) is 15.4 Å². The Bertz CT molecular complexity index is 579. The molecule has 0 aliphatic heterocycles. The predicted molar refractivity (Wildman–Crippen MR) is 87.4 cm³/mol. The van der Waals surface area contributed by atoms with Crippen LogP contribution in [0.5, 0.6) is 0 Å². The summed E-state index contributed by atoms with van der Waals surface area (Å²) in [6.07, 6.45) is 2.06. The maximum Gasteiger partial charge on any atom is 0.319 e. The molecule has 2 unspecified atom stereocenters. The molecule has 3 N–H and O–H groups in total. The molecule has 1 fully saturated rings. The van der Waals surface area contributed by atoms with E-state index in [2.05, 4.69) is 42.5 Å². The highest BCUT2D eigenvalue weighted by molar-refractivity contribution is 9.11. The van der Waals surface area contributed by atoms with Crippen molar-refractivity contribution >= 4 is 49.5 Å². The van der Waals surface area contributed by atoms with Crippen LogP contribution in [0.15, 0.2) is 27.1 Å². The van der Waals surface area contributed by atoms with Gasteiger partial charge in [0.05, 0.1) is 11.1 Å². The second kappa shape index (κ2) is 6.36. The van der Waals surface area contributed by atoms with Gasteiger partial charge in [0.1, 0.15) is 0 Å². The lowest BCUT2D eigenvalue weighted by Crippen LogP contribution is -2.48. The molecule has 21 heavy (non-hydrogen) atoms. The lowest BCUT2D eigenvalue weighted by Gasteiger charge is -2.27. The van der Waals surface area contributed by atoms with Gasteiger partial charge in [0, 0.05) is 15.0 Å². The lowest BCUT2D eigenvalue weighted by molar-refractivity contribution is -0.148. The first-order valence-electron chi connectivity index (χ1n) is 6.59. The SMILES string of the molecule is CC1(C(=O)O)CCCC1NC(=O)Nc1ccc(Br)cc1Br. The number of halogens is 2. The largest absolute Gasteiger partial charge is 0.481 e. The summed E-state index contributed by atoms with van der Waals surface area (Å²) in [5.41, 5.74) is -0.264. The van der Waals surface area contributed by atoms with Crippen molar-refractivity contribution in [1.82, 2.24) is 5.32 Å². The lowest BCUT2D eigenvalue weighted by atomic mass is 9.85. The van der Waals surface area contributed by atoms with Gasteiger partial charge in [0.2, 0.25) is 0 Å². The highest BCUT2D eigenvalue weighted by atomic mass is 79.9. The fourth-order valence-electron chi connectivity index (χ4n) is 2.56. The molecule has 2 amide bonds. The van der Waals surface area contributed by atoms with E-state index in [4.69, 9.17) is 0 Å². The first-order valence-corrected chi connectivity index (χ1v) is 8.17. The standard InChI is InChI=1S/C14H16Br2N2O3/c1-14(12(19)20)6-2-3-11(14)18-13(21)17-10-5-4-8(15)7-9(10)16/h4-5,7,11H,2-3,6H2,1H3,(H,19,20)(H2,17,18,21). The third kappa shape index (κ3) is 3.58. The van der Waals surface area contributed by atoms with E-state index in [-0.39, 0.29) is 6.04 Å². The van der Waals surface area contributed by atoms with E-state index in [1.165, 1.54) is 0 Å². The Labute approximate surface area is 139 Å². The zero-order chi connectivity index (χ0) is 15.6. The van der Waals surface area contributed by atoms with Gasteiger partial charge in [-0.05, 0) is 53.9 Å². The van der Waals surface area contributed by atoms with Gasteiger partial charge < -0.3 is 15.7 Å². The van der Waals surface area contributed by atoms with Crippen molar-refractivity contribution in [3.05, 3.63) is 27.1 Å². The Morgan fingerprint density at radius 1 is 1.38 bits per heavy atom. The van der Waals surface area contributed by atoms with Crippen LogP contribution < -0.4 is 10.6 Å². The molecule has 7 heteroatoms. The zero-order valence-corrected chi connectivity index (χ0v) is 14.6. The Morgan fingerprint density at radius 3 is 2.71 bits per heavy atom. The summed E-state index contributed by atoms with van der Waals surface area (Å²) in [4.78, 5) is 23.4. The van der Waals surface area contributed by atoms with Crippen LogP contribution in [0, 0.1) is 5.41 Å². The number of urea groups is 1. The summed E-state index contributed by atoms with van der Waals surface area (Å²) in [5.74, 6) is -0.866. The highest BCUT2D eigenvalue weighted by Gasteiger charge is 2.45. The maximum absolute atomic E-state index is 12.1. The number of carbonyl (C=O) groups excluding carboxylic acids is 1. The number of hydrogen-bond donors (Lipinski definition) is 3. The fourth-order valence-corrected chi connectivity index (χ4v) is 3.71. The molecule has 2 rings (SSSR count). The first kappa shape index (κ1) is 16.3. The molecule has 114 valence electrons. The van der Waals surface area contributed by atoms with E-state index in [9.17, 15) is 14.7 Å². The van der Waals surface area contributed by atoms with E-state index >= 15 is 0 Å². The Balaban J connectivity index is 2.03. The van der Waals surface area contributed by atoms with Crippen molar-refractivity contribution in [2.45, 2.75) is 32.2 Å². The fraction of sp³-hybridized carbons (Fsp3) is 0.429. The number of rotatable bonds is 3. The molecule has 0 heterocycles. The summed E-state index contributed by atoms with van der Waals surface area (Å²) >= 11 is 6.71. The summed E-state index contributed by atoms with van der Waals surface area (Å²) in [6, 6.07) is 4.66. The van der Waals surface area contributed by atoms with Crippen LogP contribution in [0.4, 0.5) is 10.5 Å². The van der Waals surface area contributed by atoms with Crippen molar-refractivity contribution in [2.75, 3.05) is 5.32 Å². The third-order valence-electron chi connectivity index (χ3n) is 3.93. The van der Waals surface area contributed by atoms with Gasteiger partial charge in [0.15, 0.2) is 0 Å². The summed E-state index contributed by atoms with van der Waals surface area (Å²) in [6.45, 7) is 1.68. The van der Waals surface area contributed by atoms with Gasteiger partial charge in [-0.25, -0.2) is 4.79 Å². The maximum atomic E-state index is 12.1. The Hall–Kier alpha value is -1.08. The van der Waals surface area contributed by atoms with Crippen molar-refractivity contribution in [1.29, 1.82) is 0 Å². The van der Waals surface area contributed by atoms with Crippen LogP contribution in [0.25, 0.3) is 0 Å². The average molecular weight is 420 g/mol. The molecule has 0 spiro atoms. The molecule has 1 aliphatic carbocycles. The van der Waals surface area contributed by atoms with Gasteiger partial charge >= 0.3 is 12.0 Å². The van der Waals surface area contributed by atoms with Gasteiger partial charge in [-0.15, -0.1) is 0 Å². The van der Waals surface area contributed by atoms with Crippen LogP contribution in [0.2, 0.25) is 0 Å². The molecule has 1 aromatic carbocycles.